The molecular weight excluding hydrogens is 444 g/mol. The van der Waals surface area contributed by atoms with Crippen LogP contribution >= 0.6 is 0 Å². The second-order valence-corrected chi connectivity index (χ2v) is 8.92. The minimum Gasteiger partial charge on any atom is -0.345 e. The zero-order valence-corrected chi connectivity index (χ0v) is 17.8. The van der Waals surface area contributed by atoms with Gasteiger partial charge < -0.3 is 9.88 Å². The summed E-state index contributed by atoms with van der Waals surface area (Å²) in [5, 5.41) is 2.42. The van der Waals surface area contributed by atoms with Crippen molar-refractivity contribution in [1.82, 2.24) is 9.29 Å². The van der Waals surface area contributed by atoms with Crippen molar-refractivity contribution >= 4 is 22.5 Å². The number of halogens is 4. The molecular formula is C22H20F4N4OS. The minimum atomic E-state index is -1.60. The van der Waals surface area contributed by atoms with E-state index in [0.717, 1.165) is 5.56 Å². The normalized spacial score (nSPS) is 18.2. The van der Waals surface area contributed by atoms with Gasteiger partial charge in [-0.05, 0) is 53.4 Å². The van der Waals surface area contributed by atoms with Gasteiger partial charge in [0, 0.05) is 37.1 Å². The molecule has 1 amide bonds. The third-order valence-corrected chi connectivity index (χ3v) is 6.71. The Morgan fingerprint density at radius 2 is 1.84 bits per heavy atom. The molecule has 0 fully saturated rings. The fourth-order valence-electron chi connectivity index (χ4n) is 3.84. The van der Waals surface area contributed by atoms with Crippen molar-refractivity contribution in [2.75, 3.05) is 5.32 Å². The Morgan fingerprint density at radius 3 is 2.50 bits per heavy atom. The molecule has 0 saturated heterocycles. The smallest absolute Gasteiger partial charge is 0.272 e. The lowest BCUT2D eigenvalue weighted by Gasteiger charge is -2.16. The van der Waals surface area contributed by atoms with E-state index in [1.807, 2.05) is 0 Å². The van der Waals surface area contributed by atoms with Crippen molar-refractivity contribution in [3.63, 3.8) is 0 Å². The first kappa shape index (κ1) is 22.2. The predicted octanol–water partition coefficient (Wildman–Crippen LogP) is 4.64. The monoisotopic (exact) mass is 464 g/mol. The molecule has 10 heteroatoms. The van der Waals surface area contributed by atoms with E-state index >= 15 is 0 Å². The average Bonchev–Trinajstić information content (AvgIpc) is 3.00. The van der Waals surface area contributed by atoms with Crippen LogP contribution in [0.2, 0.25) is 0 Å². The number of rotatable bonds is 4. The number of anilines is 1. The van der Waals surface area contributed by atoms with E-state index in [-0.39, 0.29) is 23.2 Å². The standard InChI is InChI=1S/C22H20F4N4OS/c1-30-11-19-16(21(30)22(31)28-15-9-17(24)20(26)18(25)10-15)7-6-14(29-32(19)27)8-12-2-4-13(23)5-3-12/h2-5,9-11,14H,6-8H2,1H3,(H2,27,29)(H,28,31). The van der Waals surface area contributed by atoms with E-state index in [4.69, 9.17) is 4.78 Å². The molecule has 0 radical (unpaired) electrons. The summed E-state index contributed by atoms with van der Waals surface area (Å²) >= 11 is 0. The van der Waals surface area contributed by atoms with Crippen LogP contribution in [0.25, 0.3) is 0 Å². The quantitative estimate of drug-likeness (QED) is 0.389. The summed E-state index contributed by atoms with van der Waals surface area (Å²) in [6.07, 6.45) is 3.44. The highest BCUT2D eigenvalue weighted by molar-refractivity contribution is 7.84. The third kappa shape index (κ3) is 4.46. The van der Waals surface area contributed by atoms with Gasteiger partial charge in [0.15, 0.2) is 17.5 Å². The Bertz CT molecular complexity index is 1190. The van der Waals surface area contributed by atoms with Crippen LogP contribution in [0.15, 0.2) is 47.5 Å². The first-order valence-electron chi connectivity index (χ1n) is 9.83. The topological polar surface area (TPSA) is 69.9 Å². The molecule has 168 valence electrons. The second kappa shape index (κ2) is 8.87. The molecule has 32 heavy (non-hydrogen) atoms. The fraction of sp³-hybridized carbons (Fsp3) is 0.227. The number of carbonyl (C=O) groups excluding carboxylic acids is 1. The number of hydrogen-bond acceptors (Lipinski definition) is 2. The van der Waals surface area contributed by atoms with Gasteiger partial charge in [-0.15, -0.1) is 0 Å². The molecule has 3 aromatic rings. The molecule has 2 atom stereocenters. The van der Waals surface area contributed by atoms with Crippen LogP contribution in [0.4, 0.5) is 23.2 Å². The van der Waals surface area contributed by atoms with Gasteiger partial charge in [-0.2, -0.15) is 0 Å². The van der Waals surface area contributed by atoms with Gasteiger partial charge in [0.25, 0.3) is 5.91 Å². The largest absolute Gasteiger partial charge is 0.345 e. The minimum absolute atomic E-state index is 0.0461. The van der Waals surface area contributed by atoms with Gasteiger partial charge in [0.1, 0.15) is 11.5 Å². The van der Waals surface area contributed by atoms with Crippen LogP contribution in [0.3, 0.4) is 0 Å². The Kier molecular flexibility index (Phi) is 6.16. The van der Waals surface area contributed by atoms with Gasteiger partial charge >= 0.3 is 0 Å². The summed E-state index contributed by atoms with van der Waals surface area (Å²) < 4.78 is 66.8. The molecule has 0 bridgehead atoms. The second-order valence-electron chi connectivity index (χ2n) is 7.63. The number of aromatic nitrogens is 1. The molecule has 0 saturated carbocycles. The zero-order valence-electron chi connectivity index (χ0n) is 17.0. The number of fused-ring (bicyclic) bond motifs is 1. The zero-order chi connectivity index (χ0) is 23.0. The van der Waals surface area contributed by atoms with Crippen molar-refractivity contribution in [2.24, 2.45) is 7.05 Å². The molecule has 5 nitrogen and oxygen atoms in total. The number of carbonyl (C=O) groups is 1. The van der Waals surface area contributed by atoms with Gasteiger partial charge in [-0.25, -0.2) is 22.3 Å². The molecule has 0 aliphatic carbocycles. The third-order valence-electron chi connectivity index (χ3n) is 5.35. The molecule has 0 spiro atoms. The number of nitrogens with one attached hydrogen (secondary N) is 3. The van der Waals surface area contributed by atoms with Gasteiger partial charge in [-0.3, -0.25) is 9.57 Å². The molecule has 2 aromatic carbocycles. The maximum atomic E-state index is 13.5. The molecule has 1 aromatic heterocycles. The maximum absolute atomic E-state index is 13.5. The molecule has 4 rings (SSSR count). The fourth-order valence-corrected chi connectivity index (χ4v) is 5.21. The van der Waals surface area contributed by atoms with Crippen molar-refractivity contribution in [2.45, 2.75) is 30.2 Å². The van der Waals surface area contributed by atoms with E-state index in [1.54, 1.807) is 29.9 Å². The summed E-state index contributed by atoms with van der Waals surface area (Å²) in [6, 6.07) is 7.58. The lowest BCUT2D eigenvalue weighted by atomic mass is 9.99. The molecule has 1 aliphatic heterocycles. The van der Waals surface area contributed by atoms with Crippen molar-refractivity contribution in [1.29, 1.82) is 4.78 Å². The number of nitrogens with zero attached hydrogens (tertiary/aromatic N) is 1. The van der Waals surface area contributed by atoms with E-state index < -0.39 is 34.2 Å². The summed E-state index contributed by atoms with van der Waals surface area (Å²) in [7, 11) is 0.557. The highest BCUT2D eigenvalue weighted by atomic mass is 32.2. The van der Waals surface area contributed by atoms with Crippen LogP contribution in [0, 0.1) is 28.0 Å². The average molecular weight is 464 g/mol. The molecule has 2 unspecified atom stereocenters. The SMILES string of the molecule is Cn1cc2c(c1C(=O)Nc1cc(F)c(F)c(F)c1)CCC(Cc1ccc(F)cc1)NS2=N. The number of amides is 1. The van der Waals surface area contributed by atoms with E-state index in [0.29, 0.717) is 41.9 Å². The van der Waals surface area contributed by atoms with Crippen molar-refractivity contribution in [3.8, 4) is 0 Å². The van der Waals surface area contributed by atoms with Crippen LogP contribution in [0.5, 0.6) is 0 Å². The Morgan fingerprint density at radius 1 is 1.19 bits per heavy atom. The van der Waals surface area contributed by atoms with Crippen molar-refractivity contribution in [3.05, 3.63) is 82.7 Å². The first-order chi connectivity index (χ1) is 15.2. The highest BCUT2D eigenvalue weighted by Crippen LogP contribution is 2.28. The van der Waals surface area contributed by atoms with Crippen molar-refractivity contribution < 1.29 is 22.4 Å². The van der Waals surface area contributed by atoms with Crippen LogP contribution in [-0.2, 0) is 30.8 Å². The highest BCUT2D eigenvalue weighted by Gasteiger charge is 2.27. The van der Waals surface area contributed by atoms with Gasteiger partial charge in [0.05, 0.1) is 4.90 Å². The summed E-state index contributed by atoms with van der Waals surface area (Å²) in [4.78, 5) is 13.6. The molecule has 3 N–H and O–H groups in total. The van der Waals surface area contributed by atoms with Gasteiger partial charge in [0.2, 0.25) is 0 Å². The van der Waals surface area contributed by atoms with Gasteiger partial charge in [-0.1, -0.05) is 12.1 Å². The lowest BCUT2D eigenvalue weighted by Crippen LogP contribution is -2.31. The van der Waals surface area contributed by atoms with E-state index in [1.165, 1.54) is 12.1 Å². The lowest BCUT2D eigenvalue weighted by molar-refractivity contribution is 0.101. The first-order valence-corrected chi connectivity index (χ1v) is 11.1. The number of benzene rings is 2. The van der Waals surface area contributed by atoms with Crippen LogP contribution in [-0.4, -0.2) is 16.5 Å². The molecule has 1 aliphatic rings. The maximum Gasteiger partial charge on any atom is 0.272 e. The Balaban J connectivity index is 1.56. The molecule has 2 heterocycles. The number of aryl methyl sites for hydroxylation is 1. The number of hydrogen-bond donors (Lipinski definition) is 3. The summed E-state index contributed by atoms with van der Waals surface area (Å²) in [6.45, 7) is 0. The van der Waals surface area contributed by atoms with E-state index in [2.05, 4.69) is 10.0 Å². The van der Waals surface area contributed by atoms with Crippen LogP contribution in [0.1, 0.15) is 28.0 Å². The van der Waals surface area contributed by atoms with Crippen LogP contribution < -0.4 is 10.0 Å². The summed E-state index contributed by atoms with van der Waals surface area (Å²) in [5.74, 6) is -5.31. The summed E-state index contributed by atoms with van der Waals surface area (Å²) in [5.41, 5.74) is 1.69. The Labute approximate surface area is 184 Å². The predicted molar refractivity (Wildman–Crippen MR) is 113 cm³/mol. The Hall–Kier alpha value is -2.98. The van der Waals surface area contributed by atoms with E-state index in [9.17, 15) is 22.4 Å².